The monoisotopic (exact) mass is 405 g/mol. The molecule has 4 rings (SSSR count). The van der Waals surface area contributed by atoms with E-state index in [1.54, 1.807) is 30.3 Å². The Balaban J connectivity index is 1.84. The highest BCUT2D eigenvalue weighted by atomic mass is 16.6. The van der Waals surface area contributed by atoms with Gasteiger partial charge in [0.25, 0.3) is 11.2 Å². The number of aromatic nitrogens is 2. The number of H-pyrrole nitrogens is 1. The van der Waals surface area contributed by atoms with Crippen LogP contribution in [0.2, 0.25) is 0 Å². The van der Waals surface area contributed by atoms with Crippen LogP contribution in [0.5, 0.6) is 0 Å². The number of hydrazone groups is 1. The standard InChI is InChI=1S/C20H15N5O5/c26-19(16-7-4-10-30-16)17(24-23-12-5-2-1-3-6-12)18-20(27)22-14-9-8-13(25(28)29)11-15(14)21-18/h1-11,19,23,26H,(H,22,27)/b24-17-. The Hall–Kier alpha value is -4.31. The number of aromatic amines is 1. The van der Waals surface area contributed by atoms with E-state index in [0.717, 1.165) is 0 Å². The van der Waals surface area contributed by atoms with Gasteiger partial charge in [-0.1, -0.05) is 18.2 Å². The maximum absolute atomic E-state index is 12.7. The Labute approximate surface area is 168 Å². The van der Waals surface area contributed by atoms with E-state index in [-0.39, 0.29) is 28.4 Å². The Kier molecular flexibility index (Phi) is 5.06. The fourth-order valence-corrected chi connectivity index (χ4v) is 2.82. The summed E-state index contributed by atoms with van der Waals surface area (Å²) in [5.74, 6) is 0.156. The van der Waals surface area contributed by atoms with Crippen molar-refractivity contribution in [1.29, 1.82) is 0 Å². The summed E-state index contributed by atoms with van der Waals surface area (Å²) in [6, 6.07) is 15.9. The fourth-order valence-electron chi connectivity index (χ4n) is 2.82. The molecule has 1 unspecified atom stereocenters. The molecule has 0 aliphatic rings. The highest BCUT2D eigenvalue weighted by Gasteiger charge is 2.25. The first kappa shape index (κ1) is 19.0. The molecule has 3 N–H and O–H groups in total. The number of nitro benzene ring substituents is 1. The van der Waals surface area contributed by atoms with Gasteiger partial charge in [-0.15, -0.1) is 0 Å². The van der Waals surface area contributed by atoms with Gasteiger partial charge in [0, 0.05) is 12.1 Å². The van der Waals surface area contributed by atoms with Gasteiger partial charge in [-0.2, -0.15) is 5.10 Å². The van der Waals surface area contributed by atoms with E-state index in [2.05, 4.69) is 20.5 Å². The molecule has 150 valence electrons. The van der Waals surface area contributed by atoms with Gasteiger partial charge in [-0.3, -0.25) is 20.3 Å². The van der Waals surface area contributed by atoms with Crippen LogP contribution >= 0.6 is 0 Å². The molecule has 0 spiro atoms. The van der Waals surface area contributed by atoms with Gasteiger partial charge in [-0.25, -0.2) is 4.98 Å². The second-order valence-corrected chi connectivity index (χ2v) is 6.27. The number of furan rings is 1. The average molecular weight is 405 g/mol. The zero-order valence-corrected chi connectivity index (χ0v) is 15.4. The molecule has 4 aromatic rings. The second kappa shape index (κ2) is 7.97. The van der Waals surface area contributed by atoms with Crippen LogP contribution in [-0.4, -0.2) is 25.7 Å². The van der Waals surface area contributed by atoms with Gasteiger partial charge in [-0.05, 0) is 30.3 Å². The number of hydrogen-bond acceptors (Lipinski definition) is 8. The fraction of sp³-hybridized carbons (Fsp3) is 0.0500. The molecule has 2 aromatic heterocycles. The summed E-state index contributed by atoms with van der Waals surface area (Å²) in [6.45, 7) is 0. The minimum Gasteiger partial charge on any atom is -0.466 e. The van der Waals surface area contributed by atoms with Crippen LogP contribution < -0.4 is 11.0 Å². The van der Waals surface area contributed by atoms with Crippen molar-refractivity contribution in [2.75, 3.05) is 5.43 Å². The van der Waals surface area contributed by atoms with Crippen LogP contribution in [0, 0.1) is 10.1 Å². The highest BCUT2D eigenvalue weighted by molar-refractivity contribution is 6.03. The summed E-state index contributed by atoms with van der Waals surface area (Å²) in [5.41, 5.74) is 2.79. The number of anilines is 1. The quantitative estimate of drug-likeness (QED) is 0.254. The summed E-state index contributed by atoms with van der Waals surface area (Å²) in [6.07, 6.45) is -0.0247. The number of non-ortho nitro benzene ring substituents is 1. The van der Waals surface area contributed by atoms with Crippen molar-refractivity contribution in [3.63, 3.8) is 0 Å². The Bertz CT molecular complexity index is 1280. The van der Waals surface area contributed by atoms with Crippen molar-refractivity contribution < 1.29 is 14.4 Å². The van der Waals surface area contributed by atoms with Crippen molar-refractivity contribution in [3.8, 4) is 0 Å². The average Bonchev–Trinajstić information content (AvgIpc) is 3.29. The van der Waals surface area contributed by atoms with Crippen LogP contribution in [0.25, 0.3) is 11.0 Å². The molecule has 0 bridgehead atoms. The van der Waals surface area contributed by atoms with Crippen molar-refractivity contribution in [2.45, 2.75) is 6.10 Å². The molecule has 0 amide bonds. The number of aliphatic hydroxyl groups is 1. The van der Waals surface area contributed by atoms with E-state index in [0.29, 0.717) is 11.2 Å². The lowest BCUT2D eigenvalue weighted by Gasteiger charge is -2.12. The maximum Gasteiger partial charge on any atom is 0.276 e. The number of para-hydroxylation sites is 1. The van der Waals surface area contributed by atoms with Gasteiger partial charge in [0.1, 0.15) is 11.5 Å². The van der Waals surface area contributed by atoms with E-state index < -0.39 is 16.6 Å². The first-order chi connectivity index (χ1) is 14.5. The molecule has 1 atom stereocenters. The van der Waals surface area contributed by atoms with Crippen LogP contribution in [0.1, 0.15) is 17.6 Å². The first-order valence-electron chi connectivity index (χ1n) is 8.82. The third-order valence-corrected chi connectivity index (χ3v) is 4.28. The molecule has 2 aromatic carbocycles. The van der Waals surface area contributed by atoms with Gasteiger partial charge >= 0.3 is 0 Å². The Morgan fingerprint density at radius 2 is 2.00 bits per heavy atom. The predicted molar refractivity (Wildman–Crippen MR) is 109 cm³/mol. The number of aliphatic hydroxyl groups excluding tert-OH is 1. The summed E-state index contributed by atoms with van der Waals surface area (Å²) in [7, 11) is 0. The summed E-state index contributed by atoms with van der Waals surface area (Å²) in [5, 5.41) is 26.0. The number of nitrogens with one attached hydrogen (secondary N) is 2. The van der Waals surface area contributed by atoms with Gasteiger partial charge < -0.3 is 14.5 Å². The normalized spacial score (nSPS) is 12.6. The molecule has 30 heavy (non-hydrogen) atoms. The minimum atomic E-state index is -1.40. The van der Waals surface area contributed by atoms with Crippen molar-refractivity contribution in [1.82, 2.24) is 9.97 Å². The number of rotatable bonds is 6. The van der Waals surface area contributed by atoms with E-state index in [1.807, 2.05) is 6.07 Å². The first-order valence-corrected chi connectivity index (χ1v) is 8.82. The van der Waals surface area contributed by atoms with E-state index >= 15 is 0 Å². The molecule has 0 saturated carbocycles. The molecule has 0 aliphatic carbocycles. The van der Waals surface area contributed by atoms with Gasteiger partial charge in [0.05, 0.1) is 27.9 Å². The number of fused-ring (bicyclic) bond motifs is 1. The molecular weight excluding hydrogens is 390 g/mol. The molecule has 10 heteroatoms. The maximum atomic E-state index is 12.7. The summed E-state index contributed by atoms with van der Waals surface area (Å²) < 4.78 is 5.24. The second-order valence-electron chi connectivity index (χ2n) is 6.27. The van der Waals surface area contributed by atoms with Crippen LogP contribution in [0.15, 0.2) is 81.2 Å². The summed E-state index contributed by atoms with van der Waals surface area (Å²) in [4.78, 5) is 30.0. The number of nitro groups is 1. The summed E-state index contributed by atoms with van der Waals surface area (Å²) >= 11 is 0. The molecular formula is C20H15N5O5. The predicted octanol–water partition coefficient (Wildman–Crippen LogP) is 2.97. The van der Waals surface area contributed by atoms with Crippen molar-refractivity contribution >= 4 is 28.1 Å². The number of benzene rings is 2. The van der Waals surface area contributed by atoms with Crippen molar-refractivity contribution in [3.05, 3.63) is 98.8 Å². The SMILES string of the molecule is O=c1[nH]c2ccc([N+](=O)[O-])cc2nc1/C(=N/Nc1ccccc1)C(O)c1ccco1. The third kappa shape index (κ3) is 3.80. The minimum absolute atomic E-state index is 0.108. The van der Waals surface area contributed by atoms with E-state index in [9.17, 15) is 20.0 Å². The Morgan fingerprint density at radius 1 is 1.20 bits per heavy atom. The highest BCUT2D eigenvalue weighted by Crippen LogP contribution is 2.21. The zero-order valence-electron chi connectivity index (χ0n) is 15.4. The molecule has 0 aliphatic heterocycles. The van der Waals surface area contributed by atoms with Crippen molar-refractivity contribution in [2.24, 2.45) is 5.10 Å². The zero-order chi connectivity index (χ0) is 21.1. The lowest BCUT2D eigenvalue weighted by Crippen LogP contribution is -2.26. The lowest BCUT2D eigenvalue weighted by molar-refractivity contribution is -0.384. The molecule has 0 fully saturated rings. The number of hydrogen-bond donors (Lipinski definition) is 3. The van der Waals surface area contributed by atoms with E-state index in [4.69, 9.17) is 4.42 Å². The van der Waals surface area contributed by atoms with Crippen LogP contribution in [0.3, 0.4) is 0 Å². The lowest BCUT2D eigenvalue weighted by atomic mass is 10.1. The topological polar surface area (TPSA) is 147 Å². The molecule has 10 nitrogen and oxygen atoms in total. The smallest absolute Gasteiger partial charge is 0.276 e. The number of nitrogens with zero attached hydrogens (tertiary/aromatic N) is 3. The van der Waals surface area contributed by atoms with Gasteiger partial charge in [0.15, 0.2) is 11.8 Å². The molecule has 2 heterocycles. The Morgan fingerprint density at radius 3 is 2.70 bits per heavy atom. The third-order valence-electron chi connectivity index (χ3n) is 4.28. The molecule has 0 saturated heterocycles. The molecule has 0 radical (unpaired) electrons. The largest absolute Gasteiger partial charge is 0.466 e. The van der Waals surface area contributed by atoms with Crippen LogP contribution in [0.4, 0.5) is 11.4 Å². The van der Waals surface area contributed by atoms with Gasteiger partial charge in [0.2, 0.25) is 0 Å². The van der Waals surface area contributed by atoms with Crippen LogP contribution in [-0.2, 0) is 0 Å². The van der Waals surface area contributed by atoms with E-state index in [1.165, 1.54) is 30.5 Å².